The SMILES string of the molecule is COc1cccc2[nH]c(C(c3cc(F)ccc3O)N3Cc4ccc(-c5ccc(C6CCN(C)CC6)cc5)cc4C3=O)nc12. The molecule has 2 aliphatic heterocycles. The molecule has 1 aromatic heterocycles. The van der Waals surface area contributed by atoms with E-state index in [9.17, 15) is 14.3 Å². The number of carbonyl (C=O) groups is 1. The molecule has 5 aromatic rings. The minimum absolute atomic E-state index is 0.118. The van der Waals surface area contributed by atoms with E-state index in [-0.39, 0.29) is 23.8 Å². The number of halogens is 1. The molecule has 4 aromatic carbocycles. The first-order chi connectivity index (χ1) is 20.9. The van der Waals surface area contributed by atoms with E-state index in [1.165, 1.54) is 36.6 Å². The van der Waals surface area contributed by atoms with Crippen LogP contribution >= 0.6 is 0 Å². The van der Waals surface area contributed by atoms with Gasteiger partial charge in [-0.1, -0.05) is 42.5 Å². The van der Waals surface area contributed by atoms with Crippen molar-refractivity contribution in [1.29, 1.82) is 0 Å². The number of fused-ring (bicyclic) bond motifs is 2. The number of imidazole rings is 1. The summed E-state index contributed by atoms with van der Waals surface area (Å²) in [6.45, 7) is 2.52. The Kier molecular flexibility index (Phi) is 6.86. The second-order valence-corrected chi connectivity index (χ2v) is 11.6. The minimum atomic E-state index is -0.857. The molecule has 7 rings (SSSR count). The highest BCUT2D eigenvalue weighted by Crippen LogP contribution is 2.41. The molecule has 1 atom stereocenters. The van der Waals surface area contributed by atoms with E-state index in [0.717, 1.165) is 29.8 Å². The second-order valence-electron chi connectivity index (χ2n) is 11.6. The van der Waals surface area contributed by atoms with E-state index in [1.807, 2.05) is 30.3 Å². The number of H-pyrrole nitrogens is 1. The number of nitrogens with one attached hydrogen (secondary N) is 1. The molecule has 1 saturated heterocycles. The van der Waals surface area contributed by atoms with Gasteiger partial charge in [-0.15, -0.1) is 0 Å². The van der Waals surface area contributed by atoms with Gasteiger partial charge in [-0.05, 0) is 97.5 Å². The van der Waals surface area contributed by atoms with Crippen LogP contribution in [0.4, 0.5) is 4.39 Å². The zero-order valence-electron chi connectivity index (χ0n) is 24.2. The topological polar surface area (TPSA) is 81.7 Å². The Balaban J connectivity index is 1.23. The van der Waals surface area contributed by atoms with Crippen LogP contribution in [0.5, 0.6) is 11.5 Å². The molecule has 0 bridgehead atoms. The number of para-hydroxylation sites is 1. The van der Waals surface area contributed by atoms with Gasteiger partial charge in [-0.3, -0.25) is 4.79 Å². The van der Waals surface area contributed by atoms with Crippen molar-refractivity contribution in [2.45, 2.75) is 31.3 Å². The number of piperidine rings is 1. The highest BCUT2D eigenvalue weighted by Gasteiger charge is 2.38. The summed E-state index contributed by atoms with van der Waals surface area (Å²) in [5.74, 6) is 0.723. The van der Waals surface area contributed by atoms with Crippen LogP contribution in [0.2, 0.25) is 0 Å². The van der Waals surface area contributed by atoms with Gasteiger partial charge < -0.3 is 24.6 Å². The molecule has 1 fully saturated rings. The maximum atomic E-state index is 14.5. The molecule has 1 unspecified atom stereocenters. The van der Waals surface area contributed by atoms with E-state index in [4.69, 9.17) is 9.72 Å². The first-order valence-corrected chi connectivity index (χ1v) is 14.6. The summed E-state index contributed by atoms with van der Waals surface area (Å²) in [4.78, 5) is 26.2. The number of aromatic nitrogens is 2. The molecule has 0 radical (unpaired) electrons. The third-order valence-corrected chi connectivity index (χ3v) is 8.94. The van der Waals surface area contributed by atoms with Crippen LogP contribution in [0.25, 0.3) is 22.2 Å². The van der Waals surface area contributed by atoms with Crippen molar-refractivity contribution in [3.63, 3.8) is 0 Å². The van der Waals surface area contributed by atoms with E-state index in [2.05, 4.69) is 41.2 Å². The zero-order chi connectivity index (χ0) is 29.7. The third-order valence-electron chi connectivity index (χ3n) is 8.94. The summed E-state index contributed by atoms with van der Waals surface area (Å²) >= 11 is 0. The first kappa shape index (κ1) is 27.2. The minimum Gasteiger partial charge on any atom is -0.508 e. The highest BCUT2D eigenvalue weighted by molar-refractivity contribution is 6.00. The number of carbonyl (C=O) groups excluding carboxylic acids is 1. The molecule has 0 saturated carbocycles. The number of likely N-dealkylation sites (tertiary alicyclic amines) is 1. The summed E-state index contributed by atoms with van der Waals surface area (Å²) < 4.78 is 20.0. The van der Waals surface area contributed by atoms with Crippen LogP contribution in [-0.2, 0) is 6.54 Å². The molecule has 2 N–H and O–H groups in total. The van der Waals surface area contributed by atoms with Crippen molar-refractivity contribution in [2.24, 2.45) is 0 Å². The number of amides is 1. The summed E-state index contributed by atoms with van der Waals surface area (Å²) in [7, 11) is 3.74. The number of rotatable bonds is 6. The smallest absolute Gasteiger partial charge is 0.255 e. The summed E-state index contributed by atoms with van der Waals surface area (Å²) in [5, 5.41) is 10.9. The average molecular weight is 577 g/mol. The summed E-state index contributed by atoms with van der Waals surface area (Å²) in [5.41, 5.74) is 6.39. The number of ether oxygens (including phenoxy) is 1. The van der Waals surface area contributed by atoms with Gasteiger partial charge in [0.25, 0.3) is 5.91 Å². The Morgan fingerprint density at radius 2 is 1.77 bits per heavy atom. The number of benzene rings is 4. The maximum absolute atomic E-state index is 14.5. The fourth-order valence-electron chi connectivity index (χ4n) is 6.53. The molecule has 8 heteroatoms. The van der Waals surface area contributed by atoms with Crippen molar-refractivity contribution >= 4 is 16.9 Å². The summed E-state index contributed by atoms with van der Waals surface area (Å²) in [6.07, 6.45) is 2.33. The molecule has 0 aliphatic carbocycles. The first-order valence-electron chi connectivity index (χ1n) is 14.6. The van der Waals surface area contributed by atoms with Gasteiger partial charge in [-0.25, -0.2) is 9.37 Å². The van der Waals surface area contributed by atoms with Crippen molar-refractivity contribution in [1.82, 2.24) is 19.8 Å². The predicted molar refractivity (Wildman–Crippen MR) is 164 cm³/mol. The quantitative estimate of drug-likeness (QED) is 0.237. The van der Waals surface area contributed by atoms with E-state index < -0.39 is 11.9 Å². The van der Waals surface area contributed by atoms with Crippen molar-refractivity contribution in [3.05, 3.63) is 113 Å². The van der Waals surface area contributed by atoms with E-state index in [1.54, 1.807) is 18.1 Å². The number of aromatic amines is 1. The lowest BCUT2D eigenvalue weighted by Crippen LogP contribution is -2.31. The number of nitrogens with zero attached hydrogens (tertiary/aromatic N) is 3. The van der Waals surface area contributed by atoms with Crippen molar-refractivity contribution in [3.8, 4) is 22.6 Å². The maximum Gasteiger partial charge on any atom is 0.255 e. The van der Waals surface area contributed by atoms with Crippen LogP contribution in [0.1, 0.15) is 57.7 Å². The lowest BCUT2D eigenvalue weighted by molar-refractivity contribution is 0.0723. The van der Waals surface area contributed by atoms with E-state index in [0.29, 0.717) is 34.1 Å². The number of phenolic OH excluding ortho intramolecular Hbond substituents is 1. The predicted octanol–water partition coefficient (Wildman–Crippen LogP) is 6.64. The molecule has 0 spiro atoms. The Morgan fingerprint density at radius 3 is 2.53 bits per heavy atom. The zero-order valence-corrected chi connectivity index (χ0v) is 24.2. The fourth-order valence-corrected chi connectivity index (χ4v) is 6.53. The molecule has 7 nitrogen and oxygen atoms in total. The van der Waals surface area contributed by atoms with Gasteiger partial charge in [0.15, 0.2) is 0 Å². The lowest BCUT2D eigenvalue weighted by Gasteiger charge is -2.29. The normalized spacial score (nSPS) is 16.5. The van der Waals surface area contributed by atoms with Gasteiger partial charge in [0.1, 0.15) is 34.7 Å². The van der Waals surface area contributed by atoms with Gasteiger partial charge in [0.2, 0.25) is 0 Å². The fraction of sp³-hybridized carbons (Fsp3) is 0.257. The highest BCUT2D eigenvalue weighted by atomic mass is 19.1. The molecule has 2 aliphatic rings. The lowest BCUT2D eigenvalue weighted by atomic mass is 9.88. The standard InChI is InChI=1S/C35H33FN4O3/c1-39-16-14-23(15-17-39)21-6-8-22(9-7-21)24-10-11-25-20-40(35(42)27(25)18-24)33(28-19-26(36)12-13-30(28)41)34-37-29-4-3-5-31(43-2)32(29)38-34/h3-13,18-19,23,33,41H,14-17,20H2,1-2H3,(H,37,38). The second kappa shape index (κ2) is 10.9. The van der Waals surface area contributed by atoms with Gasteiger partial charge >= 0.3 is 0 Å². The molecule has 218 valence electrons. The molecule has 43 heavy (non-hydrogen) atoms. The van der Waals surface area contributed by atoms with Crippen LogP contribution in [0, 0.1) is 5.82 Å². The van der Waals surface area contributed by atoms with Crippen LogP contribution in [0.3, 0.4) is 0 Å². The van der Waals surface area contributed by atoms with Crippen LogP contribution < -0.4 is 4.74 Å². The number of hydrogen-bond donors (Lipinski definition) is 2. The average Bonchev–Trinajstić information content (AvgIpc) is 3.60. The van der Waals surface area contributed by atoms with Crippen LogP contribution in [0.15, 0.2) is 78.9 Å². The van der Waals surface area contributed by atoms with Crippen molar-refractivity contribution in [2.75, 3.05) is 27.2 Å². The Labute approximate surface area is 249 Å². The summed E-state index contributed by atoms with van der Waals surface area (Å²) in [6, 6.07) is 23.1. The van der Waals surface area contributed by atoms with Crippen molar-refractivity contribution < 1.29 is 19.0 Å². The number of methoxy groups -OCH3 is 1. The molecule has 1 amide bonds. The molecular weight excluding hydrogens is 543 g/mol. The Morgan fingerprint density at radius 1 is 1.00 bits per heavy atom. The Hall–Kier alpha value is -4.69. The van der Waals surface area contributed by atoms with Gasteiger partial charge in [-0.2, -0.15) is 0 Å². The molecule has 3 heterocycles. The van der Waals surface area contributed by atoms with Crippen LogP contribution in [-0.4, -0.2) is 58.0 Å². The third kappa shape index (κ3) is 4.91. The van der Waals surface area contributed by atoms with E-state index >= 15 is 0 Å². The number of phenols is 1. The monoisotopic (exact) mass is 576 g/mol. The number of hydrogen-bond acceptors (Lipinski definition) is 5. The number of aromatic hydroxyl groups is 1. The largest absolute Gasteiger partial charge is 0.508 e. The van der Waals surface area contributed by atoms with Gasteiger partial charge in [0, 0.05) is 17.7 Å². The van der Waals surface area contributed by atoms with Gasteiger partial charge in [0.05, 0.1) is 12.6 Å². The Bertz CT molecular complexity index is 1830. The molecular formula is C35H33FN4O3.